The van der Waals surface area contributed by atoms with E-state index in [9.17, 15) is 0 Å². The third kappa shape index (κ3) is 4.58. The number of H-pyrrole nitrogens is 1. The zero-order valence-corrected chi connectivity index (χ0v) is 16.4. The van der Waals surface area contributed by atoms with Gasteiger partial charge in [-0.2, -0.15) is 0 Å². The highest BCUT2D eigenvalue weighted by Crippen LogP contribution is 2.23. The fourth-order valence-corrected chi connectivity index (χ4v) is 3.46. The highest BCUT2D eigenvalue weighted by Gasteiger charge is 2.24. The van der Waals surface area contributed by atoms with Crippen LogP contribution in [-0.4, -0.2) is 36.2 Å². The molecule has 5 nitrogen and oxygen atoms in total. The Labute approximate surface area is 170 Å². The van der Waals surface area contributed by atoms with Gasteiger partial charge in [-0.25, -0.2) is 4.98 Å². The summed E-state index contributed by atoms with van der Waals surface area (Å²) in [5.41, 5.74) is 0.962. The number of para-hydroxylation sites is 1. The predicted octanol–water partition coefficient (Wildman–Crippen LogP) is 3.81. The Kier molecular flexibility index (Phi) is 5.68. The van der Waals surface area contributed by atoms with Crippen LogP contribution < -0.4 is 19.9 Å². The largest absolute Gasteiger partial charge is 0.457 e. The molecule has 4 rings (SSSR count). The lowest BCUT2D eigenvalue weighted by atomic mass is 10.3. The molecule has 0 bridgehead atoms. The normalized spacial score (nSPS) is 13.9. The van der Waals surface area contributed by atoms with Crippen molar-refractivity contribution in [2.75, 3.05) is 36.4 Å². The van der Waals surface area contributed by atoms with Crippen molar-refractivity contribution in [1.29, 1.82) is 0 Å². The predicted molar refractivity (Wildman–Crippen MR) is 116 cm³/mol. The third-order valence-electron chi connectivity index (χ3n) is 4.68. The summed E-state index contributed by atoms with van der Waals surface area (Å²) in [6, 6.07) is 23.8. The van der Waals surface area contributed by atoms with Gasteiger partial charge < -0.3 is 15.0 Å². The minimum Gasteiger partial charge on any atom is -0.457 e. The summed E-state index contributed by atoms with van der Waals surface area (Å²) < 4.78 is 5.83. The van der Waals surface area contributed by atoms with Gasteiger partial charge in [0.25, 0.3) is 5.82 Å². The van der Waals surface area contributed by atoms with Crippen LogP contribution in [0.15, 0.2) is 79.0 Å². The van der Waals surface area contributed by atoms with Crippen LogP contribution in [0, 0.1) is 0 Å². The van der Waals surface area contributed by atoms with Crippen LogP contribution >= 0.6 is 12.2 Å². The number of aromatic amines is 1. The Morgan fingerprint density at radius 1 is 0.821 bits per heavy atom. The summed E-state index contributed by atoms with van der Waals surface area (Å²) >= 11 is 5.61. The smallest absolute Gasteiger partial charge is 0.274 e. The molecule has 142 valence electrons. The van der Waals surface area contributed by atoms with Crippen molar-refractivity contribution in [1.82, 2.24) is 4.90 Å². The summed E-state index contributed by atoms with van der Waals surface area (Å²) in [5, 5.41) is 4.09. The molecule has 2 aromatic carbocycles. The number of pyridine rings is 1. The lowest BCUT2D eigenvalue weighted by molar-refractivity contribution is -0.364. The Hall–Kier alpha value is -3.12. The number of thiocarbonyl (C=S) groups is 1. The van der Waals surface area contributed by atoms with E-state index in [1.165, 1.54) is 0 Å². The molecule has 0 spiro atoms. The Balaban J connectivity index is 1.29. The van der Waals surface area contributed by atoms with Gasteiger partial charge in [0, 0.05) is 11.8 Å². The van der Waals surface area contributed by atoms with Crippen molar-refractivity contribution in [3.8, 4) is 11.5 Å². The molecule has 0 unspecified atom stereocenters. The molecule has 1 aliphatic rings. The van der Waals surface area contributed by atoms with E-state index in [1.807, 2.05) is 66.9 Å². The first-order chi connectivity index (χ1) is 13.8. The maximum absolute atomic E-state index is 5.83. The van der Waals surface area contributed by atoms with Crippen LogP contribution in [0.4, 0.5) is 11.5 Å². The number of hydrogen-bond acceptors (Lipinski definition) is 3. The Morgan fingerprint density at radius 2 is 1.50 bits per heavy atom. The average molecular weight is 392 g/mol. The molecule has 0 radical (unpaired) electrons. The van der Waals surface area contributed by atoms with Crippen LogP contribution in [-0.2, 0) is 0 Å². The van der Waals surface area contributed by atoms with Crippen molar-refractivity contribution in [2.24, 2.45) is 0 Å². The minimum absolute atomic E-state index is 0.758. The fourth-order valence-electron chi connectivity index (χ4n) is 3.16. The van der Waals surface area contributed by atoms with E-state index in [0.29, 0.717) is 0 Å². The van der Waals surface area contributed by atoms with Crippen LogP contribution in [0.1, 0.15) is 0 Å². The van der Waals surface area contributed by atoms with Gasteiger partial charge in [0.05, 0.1) is 19.3 Å². The molecule has 1 aromatic heterocycles. The number of ether oxygens (including phenoxy) is 1. The van der Waals surface area contributed by atoms with Gasteiger partial charge in [-0.3, -0.25) is 4.90 Å². The molecule has 0 aliphatic carbocycles. The third-order valence-corrected chi connectivity index (χ3v) is 5.04. The standard InChI is InChI=1S/C22H22N4OS/c28-22(26-16-14-25(15-17-26)21-8-4-5-13-23-21)24-18-9-11-20(12-10-18)27-19-6-2-1-3-7-19/h1-13H,14-17H2,(H,24,28)/p+1. The van der Waals surface area contributed by atoms with Crippen LogP contribution in [0.3, 0.4) is 0 Å². The lowest BCUT2D eigenvalue weighted by Gasteiger charge is -2.32. The van der Waals surface area contributed by atoms with Gasteiger partial charge in [0.1, 0.15) is 24.6 Å². The van der Waals surface area contributed by atoms with Crippen molar-refractivity contribution < 1.29 is 9.72 Å². The van der Waals surface area contributed by atoms with E-state index in [4.69, 9.17) is 17.0 Å². The van der Waals surface area contributed by atoms with Gasteiger partial charge in [-0.1, -0.05) is 24.3 Å². The SMILES string of the molecule is S=C(Nc1ccc(Oc2ccccc2)cc1)N1CCN(c2cccc[nH+]2)CC1. The van der Waals surface area contributed by atoms with Gasteiger partial charge in [0.2, 0.25) is 0 Å². The van der Waals surface area contributed by atoms with Gasteiger partial charge in [-0.15, -0.1) is 0 Å². The molecule has 3 aromatic rings. The second-order valence-corrected chi connectivity index (χ2v) is 6.98. The molecule has 2 heterocycles. The maximum atomic E-state index is 5.83. The zero-order chi connectivity index (χ0) is 19.2. The summed E-state index contributed by atoms with van der Waals surface area (Å²) in [7, 11) is 0. The number of aromatic nitrogens is 1. The fraction of sp³-hybridized carbons (Fsp3) is 0.182. The zero-order valence-electron chi connectivity index (χ0n) is 15.5. The molecule has 28 heavy (non-hydrogen) atoms. The molecular formula is C22H23N4OS+. The highest BCUT2D eigenvalue weighted by molar-refractivity contribution is 7.80. The first kappa shape index (κ1) is 18.3. The lowest BCUT2D eigenvalue weighted by Crippen LogP contribution is -2.51. The number of nitrogens with zero attached hydrogens (tertiary/aromatic N) is 2. The summed E-state index contributed by atoms with van der Waals surface area (Å²) in [4.78, 5) is 7.85. The summed E-state index contributed by atoms with van der Waals surface area (Å²) in [5.74, 6) is 2.78. The summed E-state index contributed by atoms with van der Waals surface area (Å²) in [6.45, 7) is 3.66. The molecule has 1 aliphatic heterocycles. The van der Waals surface area contributed by atoms with Crippen LogP contribution in [0.5, 0.6) is 11.5 Å². The van der Waals surface area contributed by atoms with Gasteiger partial charge in [0.15, 0.2) is 5.11 Å². The number of piperazine rings is 1. The molecule has 1 saturated heterocycles. The van der Waals surface area contributed by atoms with Crippen LogP contribution in [0.2, 0.25) is 0 Å². The van der Waals surface area contributed by atoms with Gasteiger partial charge >= 0.3 is 0 Å². The molecule has 1 fully saturated rings. The van der Waals surface area contributed by atoms with E-state index in [2.05, 4.69) is 32.2 Å². The van der Waals surface area contributed by atoms with Crippen molar-refractivity contribution in [2.45, 2.75) is 0 Å². The molecule has 2 N–H and O–H groups in total. The summed E-state index contributed by atoms with van der Waals surface area (Å²) in [6.07, 6.45) is 1.96. The maximum Gasteiger partial charge on any atom is 0.274 e. The first-order valence-corrected chi connectivity index (χ1v) is 9.79. The van der Waals surface area contributed by atoms with E-state index < -0.39 is 0 Å². The monoisotopic (exact) mass is 391 g/mol. The van der Waals surface area contributed by atoms with Gasteiger partial charge in [-0.05, 0) is 54.7 Å². The number of nitrogens with one attached hydrogen (secondary N) is 2. The van der Waals surface area contributed by atoms with E-state index >= 15 is 0 Å². The molecule has 0 amide bonds. The Bertz CT molecular complexity index is 895. The van der Waals surface area contributed by atoms with Crippen LogP contribution in [0.25, 0.3) is 0 Å². The van der Waals surface area contributed by atoms with E-state index in [-0.39, 0.29) is 0 Å². The molecule has 0 atom stereocenters. The van der Waals surface area contributed by atoms with Crippen molar-refractivity contribution in [3.05, 3.63) is 79.0 Å². The Morgan fingerprint density at radius 3 is 2.18 bits per heavy atom. The second-order valence-electron chi connectivity index (χ2n) is 6.59. The number of anilines is 2. The second kappa shape index (κ2) is 8.71. The first-order valence-electron chi connectivity index (χ1n) is 9.38. The number of benzene rings is 2. The average Bonchev–Trinajstić information content (AvgIpc) is 2.76. The van der Waals surface area contributed by atoms with E-state index in [1.54, 1.807) is 0 Å². The van der Waals surface area contributed by atoms with Crippen molar-refractivity contribution in [3.63, 3.8) is 0 Å². The quantitative estimate of drug-likeness (QED) is 0.685. The molecule has 6 heteroatoms. The molecule has 0 saturated carbocycles. The molecular weight excluding hydrogens is 368 g/mol. The topological polar surface area (TPSA) is 41.9 Å². The number of hydrogen-bond donors (Lipinski definition) is 1. The minimum atomic E-state index is 0.758. The van der Waals surface area contributed by atoms with E-state index in [0.717, 1.165) is 54.3 Å². The van der Waals surface area contributed by atoms with Crippen molar-refractivity contribution >= 4 is 28.8 Å². The highest BCUT2D eigenvalue weighted by atomic mass is 32.1. The number of rotatable bonds is 4.